The Labute approximate surface area is 203 Å². The molecule has 2 aromatic heterocycles. The lowest BCUT2D eigenvalue weighted by atomic mass is 9.74. The Morgan fingerprint density at radius 2 is 1.91 bits per heavy atom. The largest absolute Gasteiger partial charge is 0.503 e. The SMILES string of the molecule is Cc1cc(Nc2nccc(C)n2)cc(-c2cnc([C@@](C)(O)[C@H]3CCC[C@@H](C)C3)s2)c1.O=C(O)O. The highest BCUT2D eigenvalue weighted by atomic mass is 32.1. The molecule has 1 saturated carbocycles. The lowest BCUT2D eigenvalue weighted by Gasteiger charge is -2.36. The molecule has 9 heteroatoms. The molecule has 0 aliphatic heterocycles. The van der Waals surface area contributed by atoms with Crippen molar-refractivity contribution in [1.29, 1.82) is 0 Å². The average molecular weight is 485 g/mol. The van der Waals surface area contributed by atoms with Crippen molar-refractivity contribution in [3.63, 3.8) is 0 Å². The fraction of sp³-hybridized carbons (Fsp3) is 0.440. The van der Waals surface area contributed by atoms with Gasteiger partial charge in [-0.05, 0) is 74.8 Å². The zero-order chi connectivity index (χ0) is 24.9. The number of nitrogens with one attached hydrogen (secondary N) is 1. The van der Waals surface area contributed by atoms with Crippen LogP contribution in [0.4, 0.5) is 16.4 Å². The van der Waals surface area contributed by atoms with Crippen molar-refractivity contribution in [2.45, 2.75) is 59.0 Å². The van der Waals surface area contributed by atoms with E-state index >= 15 is 0 Å². The van der Waals surface area contributed by atoms with E-state index in [0.717, 1.165) is 45.2 Å². The third kappa shape index (κ3) is 6.74. The molecule has 182 valence electrons. The Morgan fingerprint density at radius 1 is 1.18 bits per heavy atom. The van der Waals surface area contributed by atoms with Gasteiger partial charge < -0.3 is 20.6 Å². The maximum atomic E-state index is 11.3. The molecule has 34 heavy (non-hydrogen) atoms. The molecule has 1 fully saturated rings. The number of hydrogen-bond donors (Lipinski definition) is 4. The summed E-state index contributed by atoms with van der Waals surface area (Å²) in [5.41, 5.74) is 3.22. The smallest absolute Gasteiger partial charge is 0.450 e. The van der Waals surface area contributed by atoms with Crippen molar-refractivity contribution in [2.75, 3.05) is 5.32 Å². The minimum Gasteiger partial charge on any atom is -0.450 e. The number of aryl methyl sites for hydroxylation is 2. The number of thiazole rings is 1. The van der Waals surface area contributed by atoms with Crippen LogP contribution in [0.3, 0.4) is 0 Å². The number of hydrogen-bond acceptors (Lipinski definition) is 7. The van der Waals surface area contributed by atoms with E-state index in [1.165, 1.54) is 12.8 Å². The van der Waals surface area contributed by atoms with Crippen LogP contribution < -0.4 is 5.32 Å². The van der Waals surface area contributed by atoms with Crippen molar-refractivity contribution in [1.82, 2.24) is 15.0 Å². The zero-order valence-corrected chi connectivity index (χ0v) is 20.8. The summed E-state index contributed by atoms with van der Waals surface area (Å²) in [6.07, 6.45) is 6.40. The Hall–Kier alpha value is -3.04. The quantitative estimate of drug-likeness (QED) is 0.336. The van der Waals surface area contributed by atoms with Crippen LogP contribution >= 0.6 is 11.3 Å². The molecule has 3 atom stereocenters. The molecule has 0 unspecified atom stereocenters. The second-order valence-electron chi connectivity index (χ2n) is 9.16. The molecule has 0 radical (unpaired) electrons. The van der Waals surface area contributed by atoms with Crippen LogP contribution in [0.1, 0.15) is 55.8 Å². The van der Waals surface area contributed by atoms with Gasteiger partial charge in [0.15, 0.2) is 0 Å². The third-order valence-corrected chi connectivity index (χ3v) is 7.36. The highest BCUT2D eigenvalue weighted by Crippen LogP contribution is 2.43. The van der Waals surface area contributed by atoms with E-state index < -0.39 is 11.8 Å². The molecule has 2 heterocycles. The number of carboxylic acid groups (broad SMARTS) is 2. The van der Waals surface area contributed by atoms with Gasteiger partial charge in [-0.2, -0.15) is 0 Å². The van der Waals surface area contributed by atoms with E-state index in [0.29, 0.717) is 11.9 Å². The summed E-state index contributed by atoms with van der Waals surface area (Å²) in [5.74, 6) is 1.53. The van der Waals surface area contributed by atoms with Crippen molar-refractivity contribution < 1.29 is 20.1 Å². The molecule has 8 nitrogen and oxygen atoms in total. The van der Waals surface area contributed by atoms with E-state index in [1.807, 2.05) is 26.1 Å². The molecule has 1 aromatic carbocycles. The standard InChI is InChI=1S/C24H30N4OS.CH2O3/c1-15-6-5-7-19(11-15)24(4,29)22-26-14-21(30-22)18-10-16(2)12-20(13-18)28-23-25-9-8-17(3)27-23;2-1(3)4/h8-10,12-15,19,29H,5-7,11H2,1-4H3,(H,25,27,28);(H2,2,3,4)/t15-,19+,24+;/m1./s1. The molecule has 0 amide bonds. The summed E-state index contributed by atoms with van der Waals surface area (Å²) >= 11 is 1.59. The Bertz CT molecular complexity index is 1130. The summed E-state index contributed by atoms with van der Waals surface area (Å²) in [4.78, 5) is 23.0. The number of anilines is 2. The van der Waals surface area contributed by atoms with Crippen LogP contribution in [-0.2, 0) is 5.60 Å². The normalized spacial score (nSPS) is 19.4. The number of benzene rings is 1. The number of nitrogens with zero attached hydrogens (tertiary/aromatic N) is 3. The van der Waals surface area contributed by atoms with Crippen LogP contribution in [0.15, 0.2) is 36.7 Å². The first-order valence-electron chi connectivity index (χ1n) is 11.3. The molecule has 1 aliphatic carbocycles. The minimum atomic E-state index is -1.83. The summed E-state index contributed by atoms with van der Waals surface area (Å²) in [6, 6.07) is 8.20. The predicted octanol–water partition coefficient (Wildman–Crippen LogP) is 6.22. The molecule has 0 spiro atoms. The van der Waals surface area contributed by atoms with Gasteiger partial charge in [0.1, 0.15) is 10.6 Å². The van der Waals surface area contributed by atoms with Crippen molar-refractivity contribution in [3.8, 4) is 10.4 Å². The van der Waals surface area contributed by atoms with Gasteiger partial charge in [-0.1, -0.05) is 25.8 Å². The first kappa shape index (κ1) is 25.6. The highest BCUT2D eigenvalue weighted by molar-refractivity contribution is 7.15. The van der Waals surface area contributed by atoms with E-state index in [-0.39, 0.29) is 5.92 Å². The van der Waals surface area contributed by atoms with Gasteiger partial charge in [-0.25, -0.2) is 19.7 Å². The number of aromatic nitrogens is 3. The predicted molar refractivity (Wildman–Crippen MR) is 134 cm³/mol. The zero-order valence-electron chi connectivity index (χ0n) is 19.9. The molecule has 4 N–H and O–H groups in total. The molecular weight excluding hydrogens is 452 g/mol. The van der Waals surface area contributed by atoms with Gasteiger partial charge in [-0.15, -0.1) is 11.3 Å². The number of rotatable bonds is 5. The highest BCUT2D eigenvalue weighted by Gasteiger charge is 2.38. The van der Waals surface area contributed by atoms with E-state index in [2.05, 4.69) is 52.3 Å². The second-order valence-corrected chi connectivity index (χ2v) is 10.2. The van der Waals surface area contributed by atoms with Crippen LogP contribution in [0, 0.1) is 25.7 Å². The van der Waals surface area contributed by atoms with E-state index in [4.69, 9.17) is 15.0 Å². The first-order chi connectivity index (χ1) is 16.0. The lowest BCUT2D eigenvalue weighted by molar-refractivity contribution is -0.0295. The molecule has 0 bridgehead atoms. The monoisotopic (exact) mass is 484 g/mol. The van der Waals surface area contributed by atoms with Gasteiger partial charge in [0, 0.05) is 23.8 Å². The van der Waals surface area contributed by atoms with Gasteiger partial charge in [0.2, 0.25) is 5.95 Å². The van der Waals surface area contributed by atoms with Crippen molar-refractivity contribution >= 4 is 29.1 Å². The fourth-order valence-corrected chi connectivity index (χ4v) is 5.42. The van der Waals surface area contributed by atoms with Gasteiger partial charge in [0.05, 0.1) is 4.88 Å². The molecule has 4 rings (SSSR count). The van der Waals surface area contributed by atoms with Crippen LogP contribution in [0.25, 0.3) is 10.4 Å². The van der Waals surface area contributed by atoms with E-state index in [9.17, 15) is 5.11 Å². The van der Waals surface area contributed by atoms with Crippen molar-refractivity contribution in [3.05, 3.63) is 52.9 Å². The average Bonchev–Trinajstić information content (AvgIpc) is 3.24. The topological polar surface area (TPSA) is 128 Å². The fourth-order valence-electron chi connectivity index (χ4n) is 4.40. The Kier molecular flexibility index (Phi) is 8.22. The molecule has 0 saturated heterocycles. The van der Waals surface area contributed by atoms with Gasteiger partial charge in [-0.3, -0.25) is 0 Å². The summed E-state index contributed by atoms with van der Waals surface area (Å²) in [7, 11) is 0. The molecular formula is C25H32N4O4S. The minimum absolute atomic E-state index is 0.272. The summed E-state index contributed by atoms with van der Waals surface area (Å²) < 4.78 is 0. The lowest BCUT2D eigenvalue weighted by Crippen LogP contribution is -2.34. The van der Waals surface area contributed by atoms with Crippen molar-refractivity contribution in [2.24, 2.45) is 11.8 Å². The molecule has 1 aliphatic rings. The maximum absolute atomic E-state index is 11.3. The van der Waals surface area contributed by atoms with E-state index in [1.54, 1.807) is 17.5 Å². The molecule has 3 aromatic rings. The third-order valence-electron chi connectivity index (χ3n) is 6.08. The van der Waals surface area contributed by atoms with Gasteiger partial charge in [0.25, 0.3) is 0 Å². The second kappa shape index (κ2) is 10.9. The van der Waals surface area contributed by atoms with Crippen LogP contribution in [0.2, 0.25) is 0 Å². The number of carbonyl (C=O) groups is 1. The Balaban J connectivity index is 0.000000751. The van der Waals surface area contributed by atoms with Crippen LogP contribution in [0.5, 0.6) is 0 Å². The summed E-state index contributed by atoms with van der Waals surface area (Å²) in [5, 5.41) is 29.4. The van der Waals surface area contributed by atoms with Gasteiger partial charge >= 0.3 is 6.16 Å². The summed E-state index contributed by atoms with van der Waals surface area (Å²) in [6.45, 7) is 8.25. The maximum Gasteiger partial charge on any atom is 0.503 e. The first-order valence-corrected chi connectivity index (χ1v) is 12.2. The Morgan fingerprint density at radius 3 is 2.59 bits per heavy atom. The number of aliphatic hydroxyl groups is 1. The van der Waals surface area contributed by atoms with Crippen LogP contribution in [-0.4, -0.2) is 36.4 Å².